The first-order valence-corrected chi connectivity index (χ1v) is 11.8. The Kier molecular flexibility index (Phi) is 5.83. The molecule has 7 heteroatoms. The highest BCUT2D eigenvalue weighted by molar-refractivity contribution is 7.15. The van der Waals surface area contributed by atoms with Crippen molar-refractivity contribution < 1.29 is 8.78 Å². The second-order valence-electron chi connectivity index (χ2n) is 8.54. The molecule has 1 aliphatic rings. The molecule has 1 aliphatic carbocycles. The van der Waals surface area contributed by atoms with Gasteiger partial charge in [-0.05, 0) is 91.6 Å². The summed E-state index contributed by atoms with van der Waals surface area (Å²) in [6.07, 6.45) is 6.19. The number of nitrogens with one attached hydrogen (secondary N) is 1. The van der Waals surface area contributed by atoms with E-state index in [4.69, 9.17) is 0 Å². The van der Waals surface area contributed by atoms with E-state index in [2.05, 4.69) is 27.4 Å². The molecule has 4 aromatic rings. The normalized spacial score (nSPS) is 19.7. The van der Waals surface area contributed by atoms with E-state index in [-0.39, 0.29) is 11.6 Å². The number of fused-ring (bicyclic) bond motifs is 1. The minimum Gasteiger partial charge on any atom is -0.330 e. The maximum Gasteiger partial charge on any atom is 0.210 e. The molecule has 4 nitrogen and oxygen atoms in total. The molecule has 2 aromatic carbocycles. The van der Waals surface area contributed by atoms with Gasteiger partial charge in [0.25, 0.3) is 0 Å². The van der Waals surface area contributed by atoms with Gasteiger partial charge in [-0.25, -0.2) is 8.78 Å². The van der Waals surface area contributed by atoms with Crippen LogP contribution in [0, 0.1) is 17.6 Å². The van der Waals surface area contributed by atoms with Gasteiger partial charge >= 0.3 is 0 Å². The van der Waals surface area contributed by atoms with Crippen molar-refractivity contribution in [1.82, 2.24) is 15.2 Å². The highest BCUT2D eigenvalue weighted by Gasteiger charge is 2.29. The lowest BCUT2D eigenvalue weighted by Gasteiger charge is -2.32. The monoisotopic (exact) mass is 450 g/mol. The Morgan fingerprint density at radius 2 is 1.69 bits per heavy atom. The summed E-state index contributed by atoms with van der Waals surface area (Å²) < 4.78 is 26.9. The Labute approximate surface area is 189 Å². The lowest BCUT2D eigenvalue weighted by atomic mass is 9.74. The molecule has 164 valence electrons. The number of halogens is 2. The van der Waals surface area contributed by atoms with Gasteiger partial charge in [0.05, 0.1) is 5.52 Å². The molecule has 0 bridgehead atoms. The van der Waals surface area contributed by atoms with Crippen molar-refractivity contribution in [2.45, 2.75) is 44.4 Å². The standard InChI is InChI=1S/C25H24F2N4S/c1-15(24-30-31-25(32-24)29-20-9-6-18(26)7-10-20)16-2-4-17(5-3-16)21-12-13-28-23-11-8-19(27)14-22(21)23/h6-17H,2-5H2,1H3,(H,29,31)/t15-,16-,17+/m1/s1. The van der Waals surface area contributed by atoms with Gasteiger partial charge in [-0.1, -0.05) is 18.3 Å². The molecule has 0 saturated heterocycles. The molecule has 2 aromatic heterocycles. The zero-order chi connectivity index (χ0) is 22.1. The Morgan fingerprint density at radius 1 is 0.938 bits per heavy atom. The molecule has 5 rings (SSSR count). The molecule has 0 aliphatic heterocycles. The predicted molar refractivity (Wildman–Crippen MR) is 124 cm³/mol. The van der Waals surface area contributed by atoms with Crippen molar-refractivity contribution in [3.8, 4) is 0 Å². The molecule has 0 unspecified atom stereocenters. The number of nitrogens with zero attached hydrogens (tertiary/aromatic N) is 3. The van der Waals surface area contributed by atoms with E-state index in [0.717, 1.165) is 52.4 Å². The number of rotatable bonds is 5. The number of aromatic nitrogens is 3. The van der Waals surface area contributed by atoms with Crippen LogP contribution in [0.1, 0.15) is 55.0 Å². The van der Waals surface area contributed by atoms with Crippen LogP contribution in [0.3, 0.4) is 0 Å². The predicted octanol–water partition coefficient (Wildman–Crippen LogP) is 7.19. The summed E-state index contributed by atoms with van der Waals surface area (Å²) in [6, 6.07) is 13.1. The molecule has 0 spiro atoms. The van der Waals surface area contributed by atoms with Gasteiger partial charge in [0.15, 0.2) is 0 Å². The minimum absolute atomic E-state index is 0.213. The summed E-state index contributed by atoms with van der Waals surface area (Å²) in [5.74, 6) is 0.820. The first kappa shape index (κ1) is 20.9. The Bertz CT molecular complexity index is 1220. The van der Waals surface area contributed by atoms with E-state index in [1.807, 2.05) is 12.3 Å². The number of pyridine rings is 1. The van der Waals surface area contributed by atoms with Gasteiger partial charge in [-0.15, -0.1) is 10.2 Å². The van der Waals surface area contributed by atoms with Crippen LogP contribution in [0.5, 0.6) is 0 Å². The maximum absolute atomic E-state index is 13.8. The van der Waals surface area contributed by atoms with Crippen molar-refractivity contribution in [3.05, 3.63) is 76.9 Å². The number of hydrogen-bond donors (Lipinski definition) is 1. The molecular weight excluding hydrogens is 426 g/mol. The van der Waals surface area contributed by atoms with E-state index < -0.39 is 0 Å². The van der Waals surface area contributed by atoms with Gasteiger partial charge in [0.2, 0.25) is 5.13 Å². The molecule has 1 atom stereocenters. The number of benzene rings is 2. The summed E-state index contributed by atoms with van der Waals surface area (Å²) >= 11 is 1.56. The highest BCUT2D eigenvalue weighted by atomic mass is 32.1. The van der Waals surface area contributed by atoms with E-state index in [1.54, 1.807) is 35.6 Å². The summed E-state index contributed by atoms with van der Waals surface area (Å²) in [5, 5.41) is 14.6. The Morgan fingerprint density at radius 3 is 2.47 bits per heavy atom. The maximum atomic E-state index is 13.8. The topological polar surface area (TPSA) is 50.7 Å². The van der Waals surface area contributed by atoms with Gasteiger partial charge in [0, 0.05) is 23.2 Å². The van der Waals surface area contributed by atoms with E-state index in [1.165, 1.54) is 23.8 Å². The molecule has 0 amide bonds. The van der Waals surface area contributed by atoms with Crippen molar-refractivity contribution in [2.24, 2.45) is 5.92 Å². The molecule has 1 saturated carbocycles. The summed E-state index contributed by atoms with van der Waals surface area (Å²) in [7, 11) is 0. The average Bonchev–Trinajstić information content (AvgIpc) is 3.28. The van der Waals surface area contributed by atoms with Crippen LogP contribution in [0.15, 0.2) is 54.7 Å². The fourth-order valence-corrected chi connectivity index (χ4v) is 5.66. The zero-order valence-corrected chi connectivity index (χ0v) is 18.6. The van der Waals surface area contributed by atoms with Gasteiger partial charge in [0.1, 0.15) is 16.6 Å². The van der Waals surface area contributed by atoms with E-state index in [0.29, 0.717) is 17.8 Å². The van der Waals surface area contributed by atoms with E-state index >= 15 is 0 Å². The quantitative estimate of drug-likeness (QED) is 0.350. The van der Waals surface area contributed by atoms with Gasteiger partial charge in [-0.3, -0.25) is 4.98 Å². The highest BCUT2D eigenvalue weighted by Crippen LogP contribution is 2.44. The zero-order valence-electron chi connectivity index (χ0n) is 17.8. The Balaban J connectivity index is 1.24. The SMILES string of the molecule is C[C@@H](c1nnc(Nc2ccc(F)cc2)s1)[C@H]1CC[C@@H](c2ccnc3ccc(F)cc32)CC1. The third-order valence-corrected chi connectivity index (χ3v) is 7.62. The molecular formula is C25H24F2N4S. The minimum atomic E-state index is -0.261. The molecule has 32 heavy (non-hydrogen) atoms. The van der Waals surface area contributed by atoms with Crippen molar-refractivity contribution in [3.63, 3.8) is 0 Å². The van der Waals surface area contributed by atoms with Crippen LogP contribution in [-0.4, -0.2) is 15.2 Å². The average molecular weight is 451 g/mol. The fourth-order valence-electron chi connectivity index (χ4n) is 4.75. The first-order valence-electron chi connectivity index (χ1n) is 11.0. The van der Waals surface area contributed by atoms with Crippen molar-refractivity contribution >= 4 is 33.1 Å². The Hall–Kier alpha value is -2.93. The second kappa shape index (κ2) is 8.90. The van der Waals surface area contributed by atoms with Crippen LogP contribution in [-0.2, 0) is 0 Å². The van der Waals surface area contributed by atoms with Crippen LogP contribution in [0.25, 0.3) is 10.9 Å². The molecule has 1 N–H and O–H groups in total. The van der Waals surface area contributed by atoms with Gasteiger partial charge < -0.3 is 5.32 Å². The molecule has 0 radical (unpaired) electrons. The summed E-state index contributed by atoms with van der Waals surface area (Å²) in [5.41, 5.74) is 2.86. The lowest BCUT2D eigenvalue weighted by molar-refractivity contribution is 0.290. The van der Waals surface area contributed by atoms with Crippen LogP contribution in [0.2, 0.25) is 0 Å². The van der Waals surface area contributed by atoms with Crippen LogP contribution >= 0.6 is 11.3 Å². The largest absolute Gasteiger partial charge is 0.330 e. The molecule has 1 fully saturated rings. The first-order chi connectivity index (χ1) is 15.6. The fraction of sp³-hybridized carbons (Fsp3) is 0.320. The summed E-state index contributed by atoms with van der Waals surface area (Å²) in [4.78, 5) is 4.39. The summed E-state index contributed by atoms with van der Waals surface area (Å²) in [6.45, 7) is 2.23. The third kappa shape index (κ3) is 4.35. The van der Waals surface area contributed by atoms with Gasteiger partial charge in [-0.2, -0.15) is 0 Å². The number of hydrogen-bond acceptors (Lipinski definition) is 5. The van der Waals surface area contributed by atoms with Crippen LogP contribution in [0.4, 0.5) is 19.6 Å². The molecule has 2 heterocycles. The van der Waals surface area contributed by atoms with Crippen molar-refractivity contribution in [1.29, 1.82) is 0 Å². The van der Waals surface area contributed by atoms with Crippen LogP contribution < -0.4 is 5.32 Å². The third-order valence-electron chi connectivity index (χ3n) is 6.58. The number of anilines is 2. The second-order valence-corrected chi connectivity index (χ2v) is 9.55. The van der Waals surface area contributed by atoms with Crippen molar-refractivity contribution in [2.75, 3.05) is 5.32 Å². The lowest BCUT2D eigenvalue weighted by Crippen LogP contribution is -2.18. The smallest absolute Gasteiger partial charge is 0.210 e. The van der Waals surface area contributed by atoms with E-state index in [9.17, 15) is 8.78 Å².